The largest absolute Gasteiger partial charge is 0.377 e. The standard InChI is InChI=1S/C25H41N7O5/c1-17(2)29-7-8-30-20(14-29)24(35)31-13-18(32-15-21(27-28-32)25(3,4)5)12-19(31)23(34)26-6-9-36-10-11-37-16-22(30)33/h15,17-20H,6-14,16H2,1-5H3,(H,26,34)/t18-,19-,20-/m0/s1. The van der Waals surface area contributed by atoms with Crippen molar-refractivity contribution in [2.24, 2.45) is 0 Å². The van der Waals surface area contributed by atoms with Crippen molar-refractivity contribution in [1.82, 2.24) is 35.0 Å². The quantitative estimate of drug-likeness (QED) is 0.570. The molecule has 3 saturated heterocycles. The van der Waals surface area contributed by atoms with E-state index in [0.29, 0.717) is 52.4 Å². The predicted octanol–water partition coefficient (Wildman–Crippen LogP) is -0.198. The molecule has 37 heavy (non-hydrogen) atoms. The summed E-state index contributed by atoms with van der Waals surface area (Å²) in [6, 6.07) is -1.33. The van der Waals surface area contributed by atoms with Crippen molar-refractivity contribution < 1.29 is 23.9 Å². The highest BCUT2D eigenvalue weighted by Gasteiger charge is 2.46. The van der Waals surface area contributed by atoms with Crippen LogP contribution in [-0.2, 0) is 29.3 Å². The number of carbonyl (C=O) groups is 3. The summed E-state index contributed by atoms with van der Waals surface area (Å²) in [6.07, 6.45) is 2.32. The molecule has 0 spiro atoms. The first kappa shape index (κ1) is 27.5. The summed E-state index contributed by atoms with van der Waals surface area (Å²) in [5.74, 6) is -0.667. The molecule has 0 aliphatic carbocycles. The number of aromatic nitrogens is 3. The number of hydrogen-bond donors (Lipinski definition) is 1. The van der Waals surface area contributed by atoms with Crippen LogP contribution in [0.4, 0.5) is 0 Å². The van der Waals surface area contributed by atoms with Crippen molar-refractivity contribution in [2.45, 2.75) is 70.6 Å². The minimum absolute atomic E-state index is 0.105. The van der Waals surface area contributed by atoms with E-state index >= 15 is 0 Å². The number of fused-ring (bicyclic) bond motifs is 2. The summed E-state index contributed by atoms with van der Waals surface area (Å²) in [5.41, 5.74) is 0.681. The maximum absolute atomic E-state index is 14.1. The van der Waals surface area contributed by atoms with Gasteiger partial charge in [-0.3, -0.25) is 19.3 Å². The first-order chi connectivity index (χ1) is 17.6. The number of nitrogens with one attached hydrogen (secondary N) is 1. The molecule has 206 valence electrons. The van der Waals surface area contributed by atoms with Gasteiger partial charge in [0.25, 0.3) is 0 Å². The van der Waals surface area contributed by atoms with Gasteiger partial charge in [-0.1, -0.05) is 26.0 Å². The van der Waals surface area contributed by atoms with Crippen molar-refractivity contribution in [3.05, 3.63) is 11.9 Å². The number of ether oxygens (including phenoxy) is 2. The molecule has 0 bridgehead atoms. The lowest BCUT2D eigenvalue weighted by Crippen LogP contribution is -2.63. The molecule has 4 rings (SSSR count). The zero-order chi connectivity index (χ0) is 26.7. The molecule has 1 N–H and O–H groups in total. The lowest BCUT2D eigenvalue weighted by molar-refractivity contribution is -0.154. The zero-order valence-electron chi connectivity index (χ0n) is 22.7. The third-order valence-corrected chi connectivity index (χ3v) is 7.41. The maximum Gasteiger partial charge on any atom is 0.249 e. The lowest BCUT2D eigenvalue weighted by Gasteiger charge is -2.43. The number of amides is 3. The normalized spacial score (nSPS) is 27.5. The molecule has 0 unspecified atom stereocenters. The minimum atomic E-state index is -0.691. The third-order valence-electron chi connectivity index (χ3n) is 7.41. The molecule has 12 nitrogen and oxygen atoms in total. The van der Waals surface area contributed by atoms with Gasteiger partial charge in [-0.15, -0.1) is 5.10 Å². The topological polar surface area (TPSA) is 122 Å². The molecule has 3 aliphatic rings. The van der Waals surface area contributed by atoms with E-state index in [2.05, 4.69) is 55.1 Å². The second-order valence-electron chi connectivity index (χ2n) is 11.4. The molecule has 3 aliphatic heterocycles. The summed E-state index contributed by atoms with van der Waals surface area (Å²) in [7, 11) is 0. The van der Waals surface area contributed by atoms with Crippen molar-refractivity contribution in [3.63, 3.8) is 0 Å². The van der Waals surface area contributed by atoms with Crippen LogP contribution >= 0.6 is 0 Å². The van der Waals surface area contributed by atoms with Crippen molar-refractivity contribution in [1.29, 1.82) is 0 Å². The van der Waals surface area contributed by atoms with Gasteiger partial charge in [0, 0.05) is 56.8 Å². The fourth-order valence-corrected chi connectivity index (χ4v) is 5.10. The van der Waals surface area contributed by atoms with E-state index in [0.717, 1.165) is 5.69 Å². The van der Waals surface area contributed by atoms with E-state index in [-0.39, 0.29) is 48.4 Å². The Morgan fingerprint density at radius 1 is 1.00 bits per heavy atom. The monoisotopic (exact) mass is 519 g/mol. The fourth-order valence-electron chi connectivity index (χ4n) is 5.10. The summed E-state index contributed by atoms with van der Waals surface area (Å²) in [4.78, 5) is 46.0. The average molecular weight is 520 g/mol. The van der Waals surface area contributed by atoms with Crippen LogP contribution in [0.2, 0.25) is 0 Å². The molecular formula is C25H41N7O5. The average Bonchev–Trinajstić information content (AvgIpc) is 3.52. The smallest absolute Gasteiger partial charge is 0.249 e. The molecule has 1 aromatic rings. The van der Waals surface area contributed by atoms with Crippen molar-refractivity contribution in [3.8, 4) is 0 Å². The highest BCUT2D eigenvalue weighted by Crippen LogP contribution is 2.30. The SMILES string of the molecule is CC(C)N1CCN2C(=O)COCCOCCNC(=O)[C@@H]3C[C@H](n4cc(C(C)(C)C)nn4)CN3C(=O)[C@@H]2C1. The molecule has 4 heterocycles. The summed E-state index contributed by atoms with van der Waals surface area (Å²) >= 11 is 0. The van der Waals surface area contributed by atoms with Gasteiger partial charge in [-0.05, 0) is 13.8 Å². The molecule has 3 amide bonds. The number of nitrogens with zero attached hydrogens (tertiary/aromatic N) is 6. The fraction of sp³-hybridized carbons (Fsp3) is 0.800. The Bertz CT molecular complexity index is 975. The predicted molar refractivity (Wildman–Crippen MR) is 135 cm³/mol. The number of hydrogen-bond acceptors (Lipinski definition) is 8. The van der Waals surface area contributed by atoms with Gasteiger partial charge in [-0.2, -0.15) is 0 Å². The van der Waals surface area contributed by atoms with Gasteiger partial charge in [0.15, 0.2) is 0 Å². The van der Waals surface area contributed by atoms with Gasteiger partial charge in [0.1, 0.15) is 18.7 Å². The number of carbonyl (C=O) groups excluding carboxylic acids is 3. The molecule has 0 radical (unpaired) electrons. The van der Waals surface area contributed by atoms with Crippen molar-refractivity contribution >= 4 is 17.7 Å². The van der Waals surface area contributed by atoms with Gasteiger partial charge in [0.2, 0.25) is 17.7 Å². The number of piperazine rings is 1. The Labute approximate surface area is 218 Å². The summed E-state index contributed by atoms with van der Waals surface area (Å²) in [5, 5.41) is 11.6. The van der Waals surface area contributed by atoms with Gasteiger partial charge in [-0.25, -0.2) is 4.68 Å². The Kier molecular flexibility index (Phi) is 8.49. The first-order valence-corrected chi connectivity index (χ1v) is 13.3. The highest BCUT2D eigenvalue weighted by atomic mass is 16.5. The van der Waals surface area contributed by atoms with E-state index in [1.807, 2.05) is 6.20 Å². The lowest BCUT2D eigenvalue weighted by atomic mass is 9.93. The van der Waals surface area contributed by atoms with Crippen LogP contribution in [0.25, 0.3) is 0 Å². The minimum Gasteiger partial charge on any atom is -0.377 e. The van der Waals surface area contributed by atoms with Crippen LogP contribution in [0, 0.1) is 0 Å². The molecule has 0 saturated carbocycles. The van der Waals surface area contributed by atoms with E-state index < -0.39 is 12.1 Å². The number of rotatable bonds is 2. The van der Waals surface area contributed by atoms with Crippen molar-refractivity contribution in [2.75, 3.05) is 59.2 Å². The molecule has 1 aromatic heterocycles. The van der Waals surface area contributed by atoms with E-state index in [1.165, 1.54) is 0 Å². The molecular weight excluding hydrogens is 478 g/mol. The van der Waals surface area contributed by atoms with Gasteiger partial charge in [0.05, 0.1) is 31.6 Å². The van der Waals surface area contributed by atoms with E-state index in [4.69, 9.17) is 9.47 Å². The molecule has 3 atom stereocenters. The van der Waals surface area contributed by atoms with Crippen LogP contribution in [-0.4, -0.2) is 125 Å². The van der Waals surface area contributed by atoms with Crippen LogP contribution in [0.1, 0.15) is 52.8 Å². The Morgan fingerprint density at radius 3 is 2.46 bits per heavy atom. The molecule has 0 aromatic carbocycles. The zero-order valence-corrected chi connectivity index (χ0v) is 22.7. The second kappa shape index (κ2) is 11.4. The van der Waals surface area contributed by atoms with E-state index in [9.17, 15) is 14.4 Å². The first-order valence-electron chi connectivity index (χ1n) is 13.3. The Morgan fingerprint density at radius 2 is 1.76 bits per heavy atom. The van der Waals surface area contributed by atoms with Gasteiger partial charge >= 0.3 is 0 Å². The second-order valence-corrected chi connectivity index (χ2v) is 11.4. The maximum atomic E-state index is 14.1. The van der Waals surface area contributed by atoms with Gasteiger partial charge < -0.3 is 24.6 Å². The van der Waals surface area contributed by atoms with Crippen LogP contribution in [0.15, 0.2) is 6.20 Å². The van der Waals surface area contributed by atoms with E-state index in [1.54, 1.807) is 14.5 Å². The third kappa shape index (κ3) is 6.29. The Hall–Kier alpha value is -2.57. The summed E-state index contributed by atoms with van der Waals surface area (Å²) in [6.45, 7) is 13.3. The molecule has 12 heteroatoms. The van der Waals surface area contributed by atoms with Crippen LogP contribution < -0.4 is 5.32 Å². The Balaban J connectivity index is 1.63. The van der Waals surface area contributed by atoms with Crippen LogP contribution in [0.5, 0.6) is 0 Å². The highest BCUT2D eigenvalue weighted by molar-refractivity contribution is 5.93. The summed E-state index contributed by atoms with van der Waals surface area (Å²) < 4.78 is 12.8. The van der Waals surface area contributed by atoms with Crippen LogP contribution in [0.3, 0.4) is 0 Å². The molecule has 3 fully saturated rings.